The predicted octanol–water partition coefficient (Wildman–Crippen LogP) is 1.36. The summed E-state index contributed by atoms with van der Waals surface area (Å²) in [5, 5.41) is 5.78. The second-order valence-electron chi connectivity index (χ2n) is 7.28. The molecule has 0 unspecified atom stereocenters. The first-order valence-electron chi connectivity index (χ1n) is 9.25. The van der Waals surface area contributed by atoms with Gasteiger partial charge in [-0.1, -0.05) is 6.07 Å². The molecular formula is C19H27FN4O2. The van der Waals surface area contributed by atoms with Crippen molar-refractivity contribution >= 4 is 17.5 Å². The molecule has 1 saturated carbocycles. The van der Waals surface area contributed by atoms with E-state index in [0.29, 0.717) is 23.8 Å². The maximum Gasteiger partial charge on any atom is 0.241 e. The molecule has 2 aliphatic rings. The first-order chi connectivity index (χ1) is 12.4. The van der Waals surface area contributed by atoms with E-state index in [2.05, 4.69) is 20.4 Å². The summed E-state index contributed by atoms with van der Waals surface area (Å²) in [7, 11) is 0. The van der Waals surface area contributed by atoms with Crippen molar-refractivity contribution in [2.75, 3.05) is 38.0 Å². The SMILES string of the molecule is Cc1ccc(NC(=O)[C@@H](C)N2CCN(CC(=O)NC3CC3)CC2)cc1F. The van der Waals surface area contributed by atoms with Crippen LogP contribution < -0.4 is 10.6 Å². The third-order valence-electron chi connectivity index (χ3n) is 5.08. The van der Waals surface area contributed by atoms with Crippen molar-refractivity contribution in [1.29, 1.82) is 0 Å². The number of nitrogens with one attached hydrogen (secondary N) is 2. The van der Waals surface area contributed by atoms with Gasteiger partial charge in [0.25, 0.3) is 0 Å². The summed E-state index contributed by atoms with van der Waals surface area (Å²) in [5.74, 6) is -0.380. The highest BCUT2D eigenvalue weighted by atomic mass is 19.1. The average molecular weight is 362 g/mol. The lowest BCUT2D eigenvalue weighted by atomic mass is 10.2. The highest BCUT2D eigenvalue weighted by molar-refractivity contribution is 5.94. The predicted molar refractivity (Wildman–Crippen MR) is 98.4 cm³/mol. The van der Waals surface area contributed by atoms with Crippen LogP contribution in [0.5, 0.6) is 0 Å². The second-order valence-corrected chi connectivity index (χ2v) is 7.28. The van der Waals surface area contributed by atoms with E-state index >= 15 is 0 Å². The summed E-state index contributed by atoms with van der Waals surface area (Å²) in [5.41, 5.74) is 1.03. The van der Waals surface area contributed by atoms with E-state index in [1.165, 1.54) is 6.07 Å². The molecule has 2 amide bonds. The van der Waals surface area contributed by atoms with Gasteiger partial charge < -0.3 is 10.6 Å². The number of amides is 2. The molecular weight excluding hydrogens is 335 g/mol. The van der Waals surface area contributed by atoms with Crippen LogP contribution >= 0.6 is 0 Å². The Balaban J connectivity index is 1.44. The van der Waals surface area contributed by atoms with Crippen molar-refractivity contribution in [2.45, 2.75) is 38.8 Å². The number of hydrogen-bond donors (Lipinski definition) is 2. The molecule has 26 heavy (non-hydrogen) atoms. The lowest BCUT2D eigenvalue weighted by molar-refractivity contribution is -0.124. The fourth-order valence-corrected chi connectivity index (χ4v) is 3.10. The molecule has 1 aromatic rings. The van der Waals surface area contributed by atoms with Crippen molar-refractivity contribution in [2.24, 2.45) is 0 Å². The fourth-order valence-electron chi connectivity index (χ4n) is 3.10. The van der Waals surface area contributed by atoms with Gasteiger partial charge >= 0.3 is 0 Å². The Morgan fingerprint density at radius 3 is 2.54 bits per heavy atom. The minimum Gasteiger partial charge on any atom is -0.352 e. The number of anilines is 1. The molecule has 1 aromatic carbocycles. The standard InChI is InChI=1S/C19H27FN4O2/c1-13-3-4-16(11-17(13)20)22-19(26)14(2)24-9-7-23(8-10-24)12-18(25)21-15-5-6-15/h3-4,11,14-15H,5-10,12H2,1-2H3,(H,21,25)(H,22,26)/t14-/m1/s1. The molecule has 7 heteroatoms. The van der Waals surface area contributed by atoms with E-state index in [4.69, 9.17) is 0 Å². The molecule has 0 aromatic heterocycles. The van der Waals surface area contributed by atoms with Gasteiger partial charge in [-0.05, 0) is 44.4 Å². The molecule has 1 aliphatic carbocycles. The lowest BCUT2D eigenvalue weighted by Crippen LogP contribution is -2.54. The Morgan fingerprint density at radius 1 is 1.23 bits per heavy atom. The highest BCUT2D eigenvalue weighted by Crippen LogP contribution is 2.18. The number of carbonyl (C=O) groups excluding carboxylic acids is 2. The zero-order valence-electron chi connectivity index (χ0n) is 15.4. The number of benzene rings is 1. The Morgan fingerprint density at radius 2 is 1.92 bits per heavy atom. The molecule has 0 bridgehead atoms. The van der Waals surface area contributed by atoms with Gasteiger partial charge in [0.05, 0.1) is 12.6 Å². The van der Waals surface area contributed by atoms with E-state index in [-0.39, 0.29) is 23.7 Å². The molecule has 0 spiro atoms. The quantitative estimate of drug-likeness (QED) is 0.802. The molecule has 0 radical (unpaired) electrons. The van der Waals surface area contributed by atoms with Crippen molar-refractivity contribution in [3.05, 3.63) is 29.6 Å². The Labute approximate surface area is 153 Å². The van der Waals surface area contributed by atoms with E-state index in [9.17, 15) is 14.0 Å². The minimum absolute atomic E-state index is 0.0909. The number of piperazine rings is 1. The summed E-state index contributed by atoms with van der Waals surface area (Å²) in [4.78, 5) is 28.5. The molecule has 3 rings (SSSR count). The van der Waals surface area contributed by atoms with Crippen LogP contribution in [0.2, 0.25) is 0 Å². The minimum atomic E-state index is -0.325. The van der Waals surface area contributed by atoms with Gasteiger partial charge in [0.15, 0.2) is 0 Å². The maximum absolute atomic E-state index is 13.6. The van der Waals surface area contributed by atoms with Gasteiger partial charge in [-0.25, -0.2) is 4.39 Å². The van der Waals surface area contributed by atoms with Crippen molar-refractivity contribution in [3.8, 4) is 0 Å². The lowest BCUT2D eigenvalue weighted by Gasteiger charge is -2.37. The van der Waals surface area contributed by atoms with Crippen LogP contribution in [0.3, 0.4) is 0 Å². The van der Waals surface area contributed by atoms with E-state index < -0.39 is 0 Å². The number of rotatable bonds is 6. The maximum atomic E-state index is 13.6. The normalized spacial score (nSPS) is 19.8. The summed E-state index contributed by atoms with van der Waals surface area (Å²) in [6.45, 7) is 6.95. The third kappa shape index (κ3) is 5.02. The third-order valence-corrected chi connectivity index (χ3v) is 5.08. The van der Waals surface area contributed by atoms with E-state index in [0.717, 1.165) is 39.0 Å². The number of halogens is 1. The fraction of sp³-hybridized carbons (Fsp3) is 0.579. The van der Waals surface area contributed by atoms with Crippen molar-refractivity contribution < 1.29 is 14.0 Å². The van der Waals surface area contributed by atoms with Crippen molar-refractivity contribution in [3.63, 3.8) is 0 Å². The first-order valence-corrected chi connectivity index (χ1v) is 9.25. The zero-order valence-corrected chi connectivity index (χ0v) is 15.4. The molecule has 1 aliphatic heterocycles. The van der Waals surface area contributed by atoms with E-state index in [1.54, 1.807) is 19.1 Å². The Kier molecular flexibility index (Phi) is 5.88. The van der Waals surface area contributed by atoms with Crippen LogP contribution in [0.15, 0.2) is 18.2 Å². The summed E-state index contributed by atoms with van der Waals surface area (Å²) >= 11 is 0. The highest BCUT2D eigenvalue weighted by Gasteiger charge is 2.28. The van der Waals surface area contributed by atoms with Gasteiger partial charge in [-0.15, -0.1) is 0 Å². The van der Waals surface area contributed by atoms with Crippen molar-refractivity contribution in [1.82, 2.24) is 15.1 Å². The van der Waals surface area contributed by atoms with Crippen LogP contribution in [-0.2, 0) is 9.59 Å². The van der Waals surface area contributed by atoms with Crippen LogP contribution in [0, 0.1) is 12.7 Å². The second kappa shape index (κ2) is 8.14. The van der Waals surface area contributed by atoms with E-state index in [1.807, 2.05) is 6.92 Å². The van der Waals surface area contributed by atoms with Crippen LogP contribution in [0.4, 0.5) is 10.1 Å². The number of hydrogen-bond acceptors (Lipinski definition) is 4. The van der Waals surface area contributed by atoms with Gasteiger partial charge in [-0.2, -0.15) is 0 Å². The average Bonchev–Trinajstić information content (AvgIpc) is 3.42. The molecule has 6 nitrogen and oxygen atoms in total. The Bertz CT molecular complexity index is 670. The Hall–Kier alpha value is -1.99. The molecule has 2 N–H and O–H groups in total. The molecule has 1 saturated heterocycles. The van der Waals surface area contributed by atoms with Crippen LogP contribution in [-0.4, -0.2) is 66.4 Å². The number of aryl methyl sites for hydroxylation is 1. The van der Waals surface area contributed by atoms with Gasteiger partial charge in [0.2, 0.25) is 11.8 Å². The first kappa shape index (κ1) is 18.8. The summed E-state index contributed by atoms with van der Waals surface area (Å²) in [6, 6.07) is 4.79. The van der Waals surface area contributed by atoms with Gasteiger partial charge in [0.1, 0.15) is 5.82 Å². The molecule has 2 fully saturated rings. The monoisotopic (exact) mass is 362 g/mol. The zero-order chi connectivity index (χ0) is 18.7. The summed E-state index contributed by atoms with van der Waals surface area (Å²) < 4.78 is 13.6. The van der Waals surface area contributed by atoms with Crippen LogP contribution in [0.25, 0.3) is 0 Å². The molecule has 1 atom stereocenters. The van der Waals surface area contributed by atoms with Gasteiger partial charge in [-0.3, -0.25) is 19.4 Å². The van der Waals surface area contributed by atoms with Gasteiger partial charge in [0, 0.05) is 37.9 Å². The van der Waals surface area contributed by atoms with Crippen LogP contribution in [0.1, 0.15) is 25.3 Å². The number of nitrogens with zero attached hydrogens (tertiary/aromatic N) is 2. The topological polar surface area (TPSA) is 64.7 Å². The molecule has 142 valence electrons. The largest absolute Gasteiger partial charge is 0.352 e. The smallest absolute Gasteiger partial charge is 0.241 e. The molecule has 1 heterocycles. The summed E-state index contributed by atoms with van der Waals surface area (Å²) in [6.07, 6.45) is 2.19. The number of carbonyl (C=O) groups is 2.